The van der Waals surface area contributed by atoms with Crippen molar-refractivity contribution in [2.45, 2.75) is 83.7 Å². The van der Waals surface area contributed by atoms with Crippen LogP contribution in [-0.2, 0) is 0 Å². The van der Waals surface area contributed by atoms with E-state index in [0.29, 0.717) is 6.61 Å². The third kappa shape index (κ3) is 10.5. The van der Waals surface area contributed by atoms with Gasteiger partial charge >= 0.3 is 150 Å². The number of hydrogen-bond donors (Lipinski definition) is 1. The Morgan fingerprint density at radius 3 is 1.90 bits per heavy atom. The van der Waals surface area contributed by atoms with E-state index in [1.165, 1.54) is 64.9 Å². The van der Waals surface area contributed by atoms with Crippen LogP contribution in [0.4, 0.5) is 0 Å². The van der Waals surface area contributed by atoms with Crippen LogP contribution in [-0.4, -0.2) is 17.8 Å². The van der Waals surface area contributed by atoms with Gasteiger partial charge in [-0.1, -0.05) is 45.4 Å². The van der Waals surface area contributed by atoms with E-state index < -0.39 is 18.7 Å². The van der Waals surface area contributed by atoms with Crippen LogP contribution >= 0.6 is 27.6 Å². The molecule has 0 saturated heterocycles. The maximum atomic E-state index is 10.2. The number of hydrogen-bond acceptors (Lipinski definition) is 2. The summed E-state index contributed by atoms with van der Waals surface area (Å²) in [5.74, 6) is 0.801. The molecule has 0 aliphatic carbocycles. The van der Waals surface area contributed by atoms with Crippen molar-refractivity contribution < 1.29 is 9.84 Å². The predicted molar refractivity (Wildman–Crippen MR) is 138 cm³/mol. The zero-order chi connectivity index (χ0) is 21.4. The second kappa shape index (κ2) is 15.9. The van der Waals surface area contributed by atoms with Gasteiger partial charge in [0.1, 0.15) is 0 Å². The Hall–Kier alpha value is -0.780. The predicted octanol–water partition coefficient (Wildman–Crippen LogP) is 8.44. The Balaban J connectivity index is 1.55. The fraction of sp³-hybridized carbons (Fsp3) is 0.538. The molecule has 2 aromatic carbocycles. The summed E-state index contributed by atoms with van der Waals surface area (Å²) in [6.07, 6.45) is 13.6. The van der Waals surface area contributed by atoms with Gasteiger partial charge < -0.3 is 0 Å². The zero-order valence-corrected chi connectivity index (χ0v) is 21.3. The molecule has 2 nitrogen and oxygen atoms in total. The van der Waals surface area contributed by atoms with E-state index in [0.717, 1.165) is 18.6 Å². The molecule has 168 valence electrons. The van der Waals surface area contributed by atoms with Gasteiger partial charge in [0.25, 0.3) is 0 Å². The Morgan fingerprint density at radius 2 is 1.30 bits per heavy atom. The van der Waals surface area contributed by atoms with Gasteiger partial charge in [-0.3, -0.25) is 0 Å². The molecule has 4 heteroatoms. The van der Waals surface area contributed by atoms with Crippen molar-refractivity contribution >= 4 is 27.6 Å². The first-order valence-electron chi connectivity index (χ1n) is 11.5. The number of aliphatic hydroxyl groups excluding tert-OH is 1. The van der Waals surface area contributed by atoms with E-state index in [2.05, 4.69) is 31.2 Å². The van der Waals surface area contributed by atoms with Gasteiger partial charge in [-0.2, -0.15) is 0 Å². The van der Waals surface area contributed by atoms with Crippen LogP contribution in [0.1, 0.15) is 77.6 Å². The Bertz CT molecular complexity index is 662. The molecule has 0 saturated carbocycles. The normalized spacial score (nSPS) is 12.6. The molecule has 1 unspecified atom stereocenters. The van der Waals surface area contributed by atoms with Gasteiger partial charge in [0, 0.05) is 0 Å². The molecule has 1 atom stereocenters. The molecule has 1 N–H and O–H groups in total. The molecule has 0 spiro atoms. The van der Waals surface area contributed by atoms with Crippen molar-refractivity contribution in [1.29, 1.82) is 0 Å². The van der Waals surface area contributed by atoms with Crippen molar-refractivity contribution in [3.8, 4) is 5.75 Å². The molecular formula is C26H38ClIO2. The monoisotopic (exact) mass is 544 g/mol. The number of rotatable bonds is 16. The van der Waals surface area contributed by atoms with Crippen LogP contribution in [0.15, 0.2) is 54.6 Å². The summed E-state index contributed by atoms with van der Waals surface area (Å²) in [5.41, 5.74) is 0. The minimum atomic E-state index is -1.84. The first-order valence-corrected chi connectivity index (χ1v) is 16.4. The average Bonchev–Trinajstić information content (AvgIpc) is 2.79. The first kappa shape index (κ1) is 25.5. The van der Waals surface area contributed by atoms with Crippen LogP contribution in [0.25, 0.3) is 0 Å². The van der Waals surface area contributed by atoms with Gasteiger partial charge in [-0.15, -0.1) is 0 Å². The standard InChI is InChI=1S/C26H38ClIO2/c1-2-3-4-5-6-7-8-9-10-14-17-25(29)22-30-26-20-18-24(19-21-26)28(27)23-15-12-11-13-16-23/h11-13,15-16,18-21,25,29H,2-10,14,17,22H2,1H3. The van der Waals surface area contributed by atoms with E-state index in [1.807, 2.05) is 30.3 Å². The van der Waals surface area contributed by atoms with E-state index in [1.54, 1.807) is 0 Å². The van der Waals surface area contributed by atoms with Crippen LogP contribution in [0, 0.1) is 7.14 Å². The number of aliphatic hydroxyl groups is 1. The summed E-state index contributed by atoms with van der Waals surface area (Å²) in [6, 6.07) is 18.4. The van der Waals surface area contributed by atoms with Gasteiger partial charge in [-0.25, -0.2) is 0 Å². The molecule has 0 radical (unpaired) electrons. The third-order valence-electron chi connectivity index (χ3n) is 5.26. The molecule has 0 aliphatic rings. The molecular weight excluding hydrogens is 507 g/mol. The van der Waals surface area contributed by atoms with E-state index in [-0.39, 0.29) is 6.10 Å². The van der Waals surface area contributed by atoms with Crippen LogP contribution in [0.2, 0.25) is 0 Å². The summed E-state index contributed by atoms with van der Waals surface area (Å²) in [5, 5.41) is 10.2. The van der Waals surface area contributed by atoms with E-state index in [9.17, 15) is 5.11 Å². The van der Waals surface area contributed by atoms with Crippen molar-refractivity contribution in [3.05, 3.63) is 61.7 Å². The second-order valence-corrected chi connectivity index (χ2v) is 13.7. The molecule has 0 fully saturated rings. The SMILES string of the molecule is CCCCCCCCCCCCC(O)COc1ccc(I(Cl)c2ccccc2)cc1. The van der Waals surface area contributed by atoms with Gasteiger partial charge in [-0.05, 0) is 0 Å². The quantitative estimate of drug-likeness (QED) is 0.170. The Kier molecular flexibility index (Phi) is 13.5. The van der Waals surface area contributed by atoms with E-state index in [4.69, 9.17) is 13.6 Å². The Morgan fingerprint density at radius 1 is 0.767 bits per heavy atom. The molecule has 2 rings (SSSR count). The third-order valence-corrected chi connectivity index (χ3v) is 11.1. The maximum absolute atomic E-state index is 10.2. The number of ether oxygens (including phenoxy) is 1. The molecule has 0 amide bonds. The van der Waals surface area contributed by atoms with Crippen LogP contribution < -0.4 is 4.74 Å². The summed E-state index contributed by atoms with van der Waals surface area (Å²) in [7, 11) is 6.72. The fourth-order valence-electron chi connectivity index (χ4n) is 3.44. The Labute approximate surface area is 194 Å². The van der Waals surface area contributed by atoms with Crippen molar-refractivity contribution in [2.75, 3.05) is 6.61 Å². The molecule has 0 aromatic heterocycles. The van der Waals surface area contributed by atoms with Gasteiger partial charge in [0.05, 0.1) is 0 Å². The molecule has 0 bridgehead atoms. The zero-order valence-electron chi connectivity index (χ0n) is 18.4. The first-order chi connectivity index (χ1) is 14.7. The van der Waals surface area contributed by atoms with Crippen LogP contribution in [0.3, 0.4) is 0 Å². The summed E-state index contributed by atoms with van der Waals surface area (Å²) in [6.45, 7) is 2.62. The van der Waals surface area contributed by atoms with Gasteiger partial charge in [0.15, 0.2) is 0 Å². The summed E-state index contributed by atoms with van der Waals surface area (Å²) < 4.78 is 8.21. The van der Waals surface area contributed by atoms with Gasteiger partial charge in [0.2, 0.25) is 0 Å². The van der Waals surface area contributed by atoms with Crippen molar-refractivity contribution in [2.24, 2.45) is 0 Å². The molecule has 30 heavy (non-hydrogen) atoms. The van der Waals surface area contributed by atoms with Crippen molar-refractivity contribution in [3.63, 3.8) is 0 Å². The second-order valence-electron chi connectivity index (χ2n) is 7.92. The summed E-state index contributed by atoms with van der Waals surface area (Å²) in [4.78, 5) is 0. The topological polar surface area (TPSA) is 29.5 Å². The molecule has 0 aliphatic heterocycles. The average molecular weight is 545 g/mol. The van der Waals surface area contributed by atoms with Crippen molar-refractivity contribution in [1.82, 2.24) is 0 Å². The van der Waals surface area contributed by atoms with E-state index >= 15 is 0 Å². The number of unbranched alkanes of at least 4 members (excludes halogenated alkanes) is 9. The minimum absolute atomic E-state index is 0.360. The number of benzene rings is 2. The number of halogens is 2. The van der Waals surface area contributed by atoms with Crippen LogP contribution in [0.5, 0.6) is 5.75 Å². The fourth-order valence-corrected chi connectivity index (χ4v) is 7.47. The molecule has 2 aromatic rings. The summed E-state index contributed by atoms with van der Waals surface area (Å²) >= 11 is -1.84. The molecule has 0 heterocycles.